The molecule has 33 heavy (non-hydrogen) atoms. The van der Waals surface area contributed by atoms with Gasteiger partial charge in [-0.2, -0.15) is 0 Å². The van der Waals surface area contributed by atoms with Crippen molar-refractivity contribution in [1.29, 1.82) is 0 Å². The number of halogens is 1. The number of carbonyl (C=O) groups is 1. The molecule has 0 saturated heterocycles. The Labute approximate surface area is 204 Å². The van der Waals surface area contributed by atoms with Crippen molar-refractivity contribution in [3.63, 3.8) is 0 Å². The first-order valence-corrected chi connectivity index (χ1v) is 12.6. The average molecular weight is 510 g/mol. The molecule has 0 unspecified atom stereocenters. The number of nitrogens with zero attached hydrogens (tertiary/aromatic N) is 2. The number of hydrogen-bond donors (Lipinski definition) is 1. The van der Waals surface area contributed by atoms with Gasteiger partial charge >= 0.3 is 0 Å². The number of anilines is 1. The number of carbonyl (C=O) groups excluding carboxylic acids is 1. The lowest BCUT2D eigenvalue weighted by molar-refractivity contribution is -0.115. The highest BCUT2D eigenvalue weighted by Gasteiger charge is 2.27. The largest absolute Gasteiger partial charge is 0.381 e. The van der Waals surface area contributed by atoms with Gasteiger partial charge in [-0.15, -0.1) is 0 Å². The minimum atomic E-state index is -0.0497. The standard InChI is InChI=1S/C27H32BrN3O2/c1-18-10-15-23-26(22(18)9-6-16-33-2)31-25(20-7-4-3-5-8-20)27(29-23)30-24(32)17-19-11-13-21(28)14-12-19/h6,9,11-14,20H,3-5,7-8,10,15-17H2,1-2H3,(H,29,30,32)/b9-6-. The second kappa shape index (κ2) is 11.2. The first-order chi connectivity index (χ1) is 16.0. The third kappa shape index (κ3) is 5.98. The van der Waals surface area contributed by atoms with Crippen LogP contribution in [0.15, 0.2) is 46.5 Å². The highest BCUT2D eigenvalue weighted by atomic mass is 79.9. The highest BCUT2D eigenvalue weighted by molar-refractivity contribution is 9.10. The molecule has 4 rings (SSSR count). The molecule has 1 saturated carbocycles. The Morgan fingerprint density at radius 1 is 1.15 bits per heavy atom. The molecule has 1 amide bonds. The predicted octanol–water partition coefficient (Wildman–Crippen LogP) is 6.39. The first-order valence-electron chi connectivity index (χ1n) is 11.9. The monoisotopic (exact) mass is 509 g/mol. The summed E-state index contributed by atoms with van der Waals surface area (Å²) in [6.45, 7) is 2.74. The van der Waals surface area contributed by atoms with Gasteiger partial charge < -0.3 is 10.1 Å². The number of methoxy groups -OCH3 is 1. The Morgan fingerprint density at radius 3 is 2.64 bits per heavy atom. The van der Waals surface area contributed by atoms with Crippen LogP contribution in [0.25, 0.3) is 5.57 Å². The van der Waals surface area contributed by atoms with Gasteiger partial charge in [0, 0.05) is 23.1 Å². The van der Waals surface area contributed by atoms with E-state index in [4.69, 9.17) is 14.7 Å². The van der Waals surface area contributed by atoms with Crippen molar-refractivity contribution < 1.29 is 9.53 Å². The molecule has 0 spiro atoms. The van der Waals surface area contributed by atoms with E-state index in [1.54, 1.807) is 7.11 Å². The maximum absolute atomic E-state index is 12.9. The van der Waals surface area contributed by atoms with Crippen molar-refractivity contribution in [2.24, 2.45) is 0 Å². The van der Waals surface area contributed by atoms with Gasteiger partial charge in [-0.1, -0.05) is 65.1 Å². The van der Waals surface area contributed by atoms with Gasteiger partial charge in [-0.05, 0) is 50.3 Å². The van der Waals surface area contributed by atoms with E-state index in [1.165, 1.54) is 24.8 Å². The summed E-state index contributed by atoms with van der Waals surface area (Å²) in [6, 6.07) is 7.86. The van der Waals surface area contributed by atoms with Gasteiger partial charge in [0.25, 0.3) is 0 Å². The fourth-order valence-corrected chi connectivity index (χ4v) is 4.98. The van der Waals surface area contributed by atoms with E-state index >= 15 is 0 Å². The quantitative estimate of drug-likeness (QED) is 0.469. The number of fused-ring (bicyclic) bond motifs is 1. The maximum Gasteiger partial charge on any atom is 0.229 e. The summed E-state index contributed by atoms with van der Waals surface area (Å²) < 4.78 is 6.20. The predicted molar refractivity (Wildman–Crippen MR) is 136 cm³/mol. The molecule has 5 nitrogen and oxygen atoms in total. The number of aryl methyl sites for hydroxylation is 1. The Morgan fingerprint density at radius 2 is 1.91 bits per heavy atom. The number of nitrogens with one attached hydrogen (secondary N) is 1. The summed E-state index contributed by atoms with van der Waals surface area (Å²) in [5.74, 6) is 0.944. The Balaban J connectivity index is 1.66. The molecule has 0 radical (unpaired) electrons. The molecule has 0 aliphatic heterocycles. The van der Waals surface area contributed by atoms with E-state index < -0.39 is 0 Å². The van der Waals surface area contributed by atoms with Crippen molar-refractivity contribution in [3.8, 4) is 0 Å². The van der Waals surface area contributed by atoms with Crippen LogP contribution >= 0.6 is 15.9 Å². The lowest BCUT2D eigenvalue weighted by Gasteiger charge is -2.26. The van der Waals surface area contributed by atoms with Crippen LogP contribution in [0.2, 0.25) is 0 Å². The van der Waals surface area contributed by atoms with Crippen LogP contribution in [0.4, 0.5) is 5.82 Å². The van der Waals surface area contributed by atoms with Crippen molar-refractivity contribution in [2.45, 2.75) is 64.2 Å². The Hall–Kier alpha value is -2.31. The van der Waals surface area contributed by atoms with Crippen molar-refractivity contribution >= 4 is 33.2 Å². The molecule has 2 aliphatic carbocycles. The molecule has 1 fully saturated rings. The molecular formula is C27H32BrN3O2. The lowest BCUT2D eigenvalue weighted by atomic mass is 9.85. The van der Waals surface area contributed by atoms with E-state index in [1.807, 2.05) is 30.3 Å². The number of ether oxygens (including phenoxy) is 1. The molecule has 2 aliphatic rings. The molecule has 2 aromatic rings. The zero-order valence-corrected chi connectivity index (χ0v) is 21.1. The van der Waals surface area contributed by atoms with Gasteiger partial charge in [0.1, 0.15) is 0 Å². The van der Waals surface area contributed by atoms with Crippen LogP contribution in [-0.2, 0) is 22.4 Å². The zero-order chi connectivity index (χ0) is 23.2. The van der Waals surface area contributed by atoms with E-state index in [-0.39, 0.29) is 5.91 Å². The topological polar surface area (TPSA) is 64.1 Å². The van der Waals surface area contributed by atoms with E-state index in [0.717, 1.165) is 58.4 Å². The van der Waals surface area contributed by atoms with Crippen LogP contribution in [-0.4, -0.2) is 29.6 Å². The number of amides is 1. The zero-order valence-electron chi connectivity index (χ0n) is 19.5. The summed E-state index contributed by atoms with van der Waals surface area (Å²) in [5, 5.41) is 3.12. The van der Waals surface area contributed by atoms with Crippen molar-refractivity contribution in [3.05, 3.63) is 69.1 Å². The molecular weight excluding hydrogens is 478 g/mol. The van der Waals surface area contributed by atoms with E-state index in [9.17, 15) is 4.79 Å². The number of allylic oxidation sites excluding steroid dienone is 3. The molecule has 0 bridgehead atoms. The molecule has 1 N–H and O–H groups in total. The maximum atomic E-state index is 12.9. The number of hydrogen-bond acceptors (Lipinski definition) is 4. The van der Waals surface area contributed by atoms with Crippen LogP contribution in [0, 0.1) is 0 Å². The molecule has 6 heteroatoms. The first kappa shape index (κ1) is 23.8. The normalized spacial score (nSPS) is 16.8. The molecule has 1 aromatic heterocycles. The van der Waals surface area contributed by atoms with E-state index in [2.05, 4.69) is 34.2 Å². The minimum absolute atomic E-state index is 0.0497. The summed E-state index contributed by atoms with van der Waals surface area (Å²) in [7, 11) is 1.70. The van der Waals surface area contributed by atoms with Gasteiger partial charge in [0.15, 0.2) is 5.82 Å². The van der Waals surface area contributed by atoms with Crippen molar-refractivity contribution in [1.82, 2.24) is 9.97 Å². The summed E-state index contributed by atoms with van der Waals surface area (Å²) in [4.78, 5) is 23.1. The molecule has 174 valence electrons. The minimum Gasteiger partial charge on any atom is -0.381 e. The van der Waals surface area contributed by atoms with Gasteiger partial charge in [-0.3, -0.25) is 4.79 Å². The Bertz CT molecular complexity index is 1050. The molecule has 0 atom stereocenters. The van der Waals surface area contributed by atoms with Crippen LogP contribution in [0.1, 0.15) is 74.0 Å². The Kier molecular flexibility index (Phi) is 8.10. The van der Waals surface area contributed by atoms with Gasteiger partial charge in [0.05, 0.1) is 30.1 Å². The highest BCUT2D eigenvalue weighted by Crippen LogP contribution is 2.38. The second-order valence-corrected chi connectivity index (χ2v) is 9.91. The fraction of sp³-hybridized carbons (Fsp3) is 0.444. The summed E-state index contributed by atoms with van der Waals surface area (Å²) in [6.07, 6.45) is 12.1. The smallest absolute Gasteiger partial charge is 0.229 e. The van der Waals surface area contributed by atoms with Crippen LogP contribution in [0.5, 0.6) is 0 Å². The van der Waals surface area contributed by atoms with Crippen LogP contribution < -0.4 is 5.32 Å². The molecule has 1 heterocycles. The third-order valence-corrected chi connectivity index (χ3v) is 7.05. The lowest BCUT2D eigenvalue weighted by Crippen LogP contribution is -2.22. The van der Waals surface area contributed by atoms with Gasteiger partial charge in [0.2, 0.25) is 5.91 Å². The SMILES string of the molecule is COC/C=C\C1=C(C)CCc2nc(NC(=O)Cc3ccc(Br)cc3)c(C3CCCCC3)nc21. The van der Waals surface area contributed by atoms with Crippen molar-refractivity contribution in [2.75, 3.05) is 19.0 Å². The number of aromatic nitrogens is 2. The average Bonchev–Trinajstić information content (AvgIpc) is 2.82. The fourth-order valence-electron chi connectivity index (χ4n) is 4.72. The molecule has 1 aromatic carbocycles. The summed E-state index contributed by atoms with van der Waals surface area (Å²) in [5.41, 5.74) is 6.33. The van der Waals surface area contributed by atoms with Gasteiger partial charge in [-0.25, -0.2) is 9.97 Å². The van der Waals surface area contributed by atoms with Crippen LogP contribution in [0.3, 0.4) is 0 Å². The summed E-state index contributed by atoms with van der Waals surface area (Å²) >= 11 is 3.45. The number of rotatable bonds is 7. The third-order valence-electron chi connectivity index (χ3n) is 6.52. The second-order valence-electron chi connectivity index (χ2n) is 8.99. The van der Waals surface area contributed by atoms with E-state index in [0.29, 0.717) is 24.8 Å². The number of benzene rings is 1.